The van der Waals surface area contributed by atoms with Gasteiger partial charge in [0, 0.05) is 12.1 Å². The lowest BCUT2D eigenvalue weighted by atomic mass is 10.0. The Labute approximate surface area is 107 Å². The van der Waals surface area contributed by atoms with E-state index in [-0.39, 0.29) is 5.69 Å². The van der Waals surface area contributed by atoms with Gasteiger partial charge in [0.05, 0.1) is 17.1 Å². The number of para-hydroxylation sites is 1. The molecule has 1 aromatic heterocycles. The molecule has 0 radical (unpaired) electrons. The summed E-state index contributed by atoms with van der Waals surface area (Å²) in [6.07, 6.45) is -1.80. The van der Waals surface area contributed by atoms with Crippen LogP contribution in [0.15, 0.2) is 23.0 Å². The summed E-state index contributed by atoms with van der Waals surface area (Å²) in [5.74, 6) is 0. The highest BCUT2D eigenvalue weighted by atomic mass is 16.4. The Morgan fingerprint density at radius 1 is 1.47 bits per heavy atom. The molecular weight excluding hydrogens is 250 g/mol. The molecule has 1 amide bonds. The van der Waals surface area contributed by atoms with E-state index in [4.69, 9.17) is 5.11 Å². The van der Waals surface area contributed by atoms with Crippen LogP contribution in [0.2, 0.25) is 0 Å². The number of carbonyl (C=O) groups is 1. The number of carboxylic acid groups (broad SMARTS) is 1. The number of nitrogens with zero attached hydrogens (tertiary/aromatic N) is 1. The molecule has 7 heteroatoms. The minimum absolute atomic E-state index is 0.245. The van der Waals surface area contributed by atoms with Crippen LogP contribution in [0.4, 0.5) is 4.79 Å². The van der Waals surface area contributed by atoms with Crippen LogP contribution in [0.1, 0.15) is 18.1 Å². The molecule has 0 saturated heterocycles. The molecule has 100 valence electrons. The highest BCUT2D eigenvalue weighted by Gasteiger charge is 2.29. The fourth-order valence-corrected chi connectivity index (χ4v) is 2.65. The number of rotatable bonds is 1. The molecule has 2 heterocycles. The van der Waals surface area contributed by atoms with Crippen molar-refractivity contribution in [1.82, 2.24) is 14.9 Å². The number of aryl methyl sites for hydroxylation is 1. The number of benzene rings is 1. The first-order valence-corrected chi connectivity index (χ1v) is 5.97. The summed E-state index contributed by atoms with van der Waals surface area (Å²) in [4.78, 5) is 25.3. The molecule has 0 bridgehead atoms. The Morgan fingerprint density at radius 3 is 3.00 bits per heavy atom. The number of aliphatic hydroxyl groups is 1. The molecule has 0 aliphatic carbocycles. The molecule has 4 N–H and O–H groups in total. The van der Waals surface area contributed by atoms with Crippen molar-refractivity contribution >= 4 is 17.1 Å². The first-order valence-electron chi connectivity index (χ1n) is 5.97. The fraction of sp³-hybridized carbons (Fsp3) is 0.333. The van der Waals surface area contributed by atoms with E-state index in [1.807, 2.05) is 0 Å². The topological polar surface area (TPSA) is 107 Å². The Hall–Kier alpha value is -2.28. The van der Waals surface area contributed by atoms with E-state index in [0.717, 1.165) is 0 Å². The second-order valence-electron chi connectivity index (χ2n) is 4.61. The number of aromatic nitrogens is 2. The van der Waals surface area contributed by atoms with Gasteiger partial charge in [-0.2, -0.15) is 0 Å². The van der Waals surface area contributed by atoms with Crippen molar-refractivity contribution in [2.24, 2.45) is 0 Å². The van der Waals surface area contributed by atoms with Crippen LogP contribution in [0.25, 0.3) is 11.0 Å². The van der Waals surface area contributed by atoms with E-state index in [1.54, 1.807) is 18.2 Å². The minimum Gasteiger partial charge on any atom is -0.465 e. The lowest BCUT2D eigenvalue weighted by Gasteiger charge is -2.20. The Bertz CT molecular complexity index is 703. The quantitative estimate of drug-likeness (QED) is 0.597. The van der Waals surface area contributed by atoms with Gasteiger partial charge in [0.1, 0.15) is 6.10 Å². The van der Waals surface area contributed by atoms with Crippen molar-refractivity contribution in [3.05, 3.63) is 34.2 Å². The van der Waals surface area contributed by atoms with E-state index in [0.29, 0.717) is 29.6 Å². The van der Waals surface area contributed by atoms with Crippen LogP contribution in [0.3, 0.4) is 0 Å². The summed E-state index contributed by atoms with van der Waals surface area (Å²) in [6, 6.07) is 4.57. The highest BCUT2D eigenvalue weighted by molar-refractivity contribution is 5.80. The SMILES string of the molecule is O=C(O)NC1CCn2c(=O)[nH]c3cccc(c32)C1O. The predicted octanol–water partition coefficient (Wildman–Crippen LogP) is 0.403. The summed E-state index contributed by atoms with van der Waals surface area (Å²) >= 11 is 0. The van der Waals surface area contributed by atoms with Gasteiger partial charge in [-0.3, -0.25) is 4.57 Å². The van der Waals surface area contributed by atoms with Crippen LogP contribution >= 0.6 is 0 Å². The van der Waals surface area contributed by atoms with Crippen LogP contribution in [-0.4, -0.2) is 31.9 Å². The molecular formula is C12H13N3O4. The summed E-state index contributed by atoms with van der Waals surface area (Å²) in [6.45, 7) is 0.359. The zero-order chi connectivity index (χ0) is 13.6. The molecule has 2 atom stereocenters. The molecule has 7 nitrogen and oxygen atoms in total. The number of H-pyrrole nitrogens is 1. The monoisotopic (exact) mass is 263 g/mol. The van der Waals surface area contributed by atoms with Gasteiger partial charge in [0.2, 0.25) is 0 Å². The van der Waals surface area contributed by atoms with Gasteiger partial charge in [-0.15, -0.1) is 0 Å². The maximum absolute atomic E-state index is 11.8. The second-order valence-corrected chi connectivity index (χ2v) is 4.61. The summed E-state index contributed by atoms with van der Waals surface area (Å²) in [5.41, 5.74) is 1.62. The number of hydrogen-bond donors (Lipinski definition) is 4. The summed E-state index contributed by atoms with van der Waals surface area (Å²) < 4.78 is 1.54. The fourth-order valence-electron chi connectivity index (χ4n) is 2.65. The minimum atomic E-state index is -1.18. The molecule has 19 heavy (non-hydrogen) atoms. The van der Waals surface area contributed by atoms with Gasteiger partial charge < -0.3 is 20.5 Å². The molecule has 1 aliphatic heterocycles. The molecule has 0 saturated carbocycles. The van der Waals surface area contributed by atoms with Crippen LogP contribution in [-0.2, 0) is 6.54 Å². The molecule has 0 fully saturated rings. The van der Waals surface area contributed by atoms with Crippen molar-refractivity contribution in [3.8, 4) is 0 Å². The molecule has 1 aromatic carbocycles. The standard InChI is InChI=1S/C12H13N3O4/c16-10-6-2-1-3-7-9(6)15(11(17)13-7)5-4-8(10)14-12(18)19/h1-3,8,10,14,16H,4-5H2,(H,13,17)(H,18,19). The van der Waals surface area contributed by atoms with E-state index < -0.39 is 18.2 Å². The largest absolute Gasteiger partial charge is 0.465 e. The first kappa shape index (κ1) is 11.8. The Morgan fingerprint density at radius 2 is 2.26 bits per heavy atom. The van der Waals surface area contributed by atoms with Crippen molar-refractivity contribution in [1.29, 1.82) is 0 Å². The van der Waals surface area contributed by atoms with E-state index in [9.17, 15) is 14.7 Å². The smallest absolute Gasteiger partial charge is 0.404 e. The molecule has 1 aliphatic rings. The zero-order valence-electron chi connectivity index (χ0n) is 9.96. The van der Waals surface area contributed by atoms with E-state index in [2.05, 4.69) is 10.3 Å². The van der Waals surface area contributed by atoms with E-state index >= 15 is 0 Å². The maximum Gasteiger partial charge on any atom is 0.404 e. The van der Waals surface area contributed by atoms with Gasteiger partial charge in [-0.25, -0.2) is 9.59 Å². The van der Waals surface area contributed by atoms with Gasteiger partial charge in [-0.05, 0) is 12.5 Å². The molecule has 2 aromatic rings. The number of amides is 1. The third-order valence-corrected chi connectivity index (χ3v) is 3.50. The highest BCUT2D eigenvalue weighted by Crippen LogP contribution is 2.29. The molecule has 3 rings (SSSR count). The summed E-state index contributed by atoms with van der Waals surface area (Å²) in [5, 5.41) is 21.4. The number of nitrogens with one attached hydrogen (secondary N) is 2. The number of aliphatic hydroxyl groups excluding tert-OH is 1. The maximum atomic E-state index is 11.8. The van der Waals surface area contributed by atoms with Crippen molar-refractivity contribution < 1.29 is 15.0 Å². The van der Waals surface area contributed by atoms with Gasteiger partial charge in [0.25, 0.3) is 0 Å². The predicted molar refractivity (Wildman–Crippen MR) is 67.1 cm³/mol. The lowest BCUT2D eigenvalue weighted by molar-refractivity contribution is 0.118. The average molecular weight is 263 g/mol. The molecule has 0 spiro atoms. The third-order valence-electron chi connectivity index (χ3n) is 3.50. The van der Waals surface area contributed by atoms with E-state index in [1.165, 1.54) is 4.57 Å². The van der Waals surface area contributed by atoms with Gasteiger partial charge >= 0.3 is 11.8 Å². The van der Waals surface area contributed by atoms with Gasteiger partial charge in [0.15, 0.2) is 0 Å². The van der Waals surface area contributed by atoms with Crippen LogP contribution in [0, 0.1) is 0 Å². The second kappa shape index (κ2) is 4.13. The normalized spacial score (nSPS) is 22.2. The zero-order valence-corrected chi connectivity index (χ0v) is 9.96. The van der Waals surface area contributed by atoms with Crippen molar-refractivity contribution in [2.75, 3.05) is 0 Å². The van der Waals surface area contributed by atoms with Crippen molar-refractivity contribution in [2.45, 2.75) is 25.1 Å². The Balaban J connectivity index is 2.16. The van der Waals surface area contributed by atoms with Crippen LogP contribution in [0.5, 0.6) is 0 Å². The third kappa shape index (κ3) is 1.78. The average Bonchev–Trinajstić information content (AvgIpc) is 2.61. The van der Waals surface area contributed by atoms with Gasteiger partial charge in [-0.1, -0.05) is 12.1 Å². The number of imidazole rings is 1. The lowest BCUT2D eigenvalue weighted by Crippen LogP contribution is -2.38. The van der Waals surface area contributed by atoms with Crippen molar-refractivity contribution in [3.63, 3.8) is 0 Å². The van der Waals surface area contributed by atoms with Crippen LogP contribution < -0.4 is 11.0 Å². The molecule has 2 unspecified atom stereocenters. The Kier molecular flexibility index (Phi) is 2.56. The first-order chi connectivity index (χ1) is 9.08. The number of hydrogen-bond acceptors (Lipinski definition) is 3. The number of aromatic amines is 1. The summed E-state index contributed by atoms with van der Waals surface area (Å²) in [7, 11) is 0.